The van der Waals surface area contributed by atoms with Gasteiger partial charge in [0.2, 0.25) is 0 Å². The van der Waals surface area contributed by atoms with Gasteiger partial charge in [-0.1, -0.05) is 12.1 Å². The van der Waals surface area contributed by atoms with Crippen molar-refractivity contribution >= 4 is 5.69 Å². The van der Waals surface area contributed by atoms with Gasteiger partial charge in [-0.25, -0.2) is 0 Å². The number of hydrogen-bond donors (Lipinski definition) is 0. The second kappa shape index (κ2) is 7.61. The topological polar surface area (TPSA) is 65.9 Å². The van der Waals surface area contributed by atoms with Gasteiger partial charge < -0.3 is 14.4 Å². The highest BCUT2D eigenvalue weighted by Gasteiger charge is 2.28. The van der Waals surface area contributed by atoms with Crippen LogP contribution in [0.3, 0.4) is 0 Å². The first-order valence-corrected chi connectivity index (χ1v) is 11.2. The number of benzene rings is 2. The fraction of sp³-hybridized carbons (Fsp3) is 0.269. The van der Waals surface area contributed by atoms with Crippen LogP contribution in [0.4, 0.5) is 5.69 Å². The van der Waals surface area contributed by atoms with Crippen LogP contribution in [-0.4, -0.2) is 58.0 Å². The molecule has 164 valence electrons. The number of nitrogens with zero attached hydrogens (tertiary/aromatic N) is 7. The van der Waals surface area contributed by atoms with Crippen molar-refractivity contribution in [1.82, 2.24) is 24.2 Å². The fourth-order valence-corrected chi connectivity index (χ4v) is 5.04. The van der Waals surface area contributed by atoms with Crippen molar-refractivity contribution in [3.8, 4) is 34.4 Å². The van der Waals surface area contributed by atoms with E-state index in [9.17, 15) is 0 Å². The fourth-order valence-electron chi connectivity index (χ4n) is 5.04. The largest absolute Gasteiger partial charge is 0.371 e. The zero-order valence-electron chi connectivity index (χ0n) is 18.8. The van der Waals surface area contributed by atoms with Gasteiger partial charge in [0.15, 0.2) is 5.82 Å². The molecular weight excluding hydrogens is 410 g/mol. The minimum Gasteiger partial charge on any atom is -0.371 e. The molecular formula is C26H25N7. The quantitative estimate of drug-likeness (QED) is 0.431. The summed E-state index contributed by atoms with van der Waals surface area (Å²) in [5.74, 6) is 1.57. The third-order valence-electron chi connectivity index (χ3n) is 6.63. The summed E-state index contributed by atoms with van der Waals surface area (Å²) in [5, 5.41) is 17.8. The molecule has 0 atom stereocenters. The van der Waals surface area contributed by atoms with Gasteiger partial charge in [0.25, 0.3) is 0 Å². The minimum atomic E-state index is 0.666. The van der Waals surface area contributed by atoms with E-state index in [1.54, 1.807) is 6.33 Å². The monoisotopic (exact) mass is 435 g/mol. The number of nitriles is 1. The molecule has 0 saturated carbocycles. The number of hydrogen-bond acceptors (Lipinski definition) is 5. The predicted octanol–water partition coefficient (Wildman–Crippen LogP) is 3.63. The van der Waals surface area contributed by atoms with Crippen molar-refractivity contribution in [2.75, 3.05) is 38.6 Å². The van der Waals surface area contributed by atoms with E-state index in [0.29, 0.717) is 5.56 Å². The van der Waals surface area contributed by atoms with Crippen LogP contribution < -0.4 is 4.90 Å². The van der Waals surface area contributed by atoms with Crippen molar-refractivity contribution in [3.05, 3.63) is 72.2 Å². The van der Waals surface area contributed by atoms with E-state index in [2.05, 4.69) is 79.8 Å². The molecule has 0 bridgehead atoms. The molecule has 4 heterocycles. The average molecular weight is 436 g/mol. The highest BCUT2D eigenvalue weighted by atomic mass is 15.3. The van der Waals surface area contributed by atoms with E-state index in [1.807, 2.05) is 24.3 Å². The lowest BCUT2D eigenvalue weighted by atomic mass is 9.98. The summed E-state index contributed by atoms with van der Waals surface area (Å²) in [4.78, 5) is 4.73. The zero-order chi connectivity index (χ0) is 22.5. The second-order valence-electron chi connectivity index (χ2n) is 9.30. The maximum absolute atomic E-state index is 9.10. The molecule has 0 amide bonds. The average Bonchev–Trinajstić information content (AvgIpc) is 3.41. The molecule has 2 aliphatic rings. The summed E-state index contributed by atoms with van der Waals surface area (Å²) < 4.78 is 4.35. The number of rotatable bonds is 4. The lowest BCUT2D eigenvalue weighted by molar-refractivity contribution is 0.283. The molecule has 1 saturated heterocycles. The van der Waals surface area contributed by atoms with Gasteiger partial charge in [-0.15, -0.1) is 10.2 Å². The lowest BCUT2D eigenvalue weighted by Gasteiger charge is -2.42. The summed E-state index contributed by atoms with van der Waals surface area (Å²) in [6.07, 6.45) is 3.98. The number of fused-ring (bicyclic) bond motifs is 5. The summed E-state index contributed by atoms with van der Waals surface area (Å²) in [5.41, 5.74) is 7.57. The number of anilines is 1. The highest BCUT2D eigenvalue weighted by molar-refractivity contribution is 5.72. The molecule has 2 aromatic carbocycles. The van der Waals surface area contributed by atoms with Crippen LogP contribution >= 0.6 is 0 Å². The van der Waals surface area contributed by atoms with Crippen LogP contribution in [0.1, 0.15) is 11.1 Å². The molecule has 0 spiro atoms. The van der Waals surface area contributed by atoms with E-state index >= 15 is 0 Å². The van der Waals surface area contributed by atoms with Gasteiger partial charge in [0.1, 0.15) is 6.33 Å². The van der Waals surface area contributed by atoms with Gasteiger partial charge in [-0.05, 0) is 61.6 Å². The Labute approximate surface area is 193 Å². The normalized spacial score (nSPS) is 14.8. The Morgan fingerprint density at radius 1 is 1.06 bits per heavy atom. The Hall–Kier alpha value is -3.89. The zero-order valence-corrected chi connectivity index (χ0v) is 18.8. The maximum Gasteiger partial charge on any atom is 0.185 e. The van der Waals surface area contributed by atoms with Gasteiger partial charge in [0.05, 0.1) is 23.0 Å². The van der Waals surface area contributed by atoms with E-state index in [4.69, 9.17) is 5.26 Å². The van der Waals surface area contributed by atoms with Crippen molar-refractivity contribution in [2.24, 2.45) is 5.92 Å². The van der Waals surface area contributed by atoms with Gasteiger partial charge >= 0.3 is 0 Å². The van der Waals surface area contributed by atoms with Crippen molar-refractivity contribution < 1.29 is 0 Å². The van der Waals surface area contributed by atoms with Crippen molar-refractivity contribution in [1.29, 1.82) is 5.26 Å². The molecule has 0 unspecified atom stereocenters. The van der Waals surface area contributed by atoms with Crippen LogP contribution in [0.5, 0.6) is 0 Å². The second-order valence-corrected chi connectivity index (χ2v) is 9.30. The molecule has 2 aliphatic heterocycles. The number of aromatic nitrogens is 4. The smallest absolute Gasteiger partial charge is 0.185 e. The molecule has 0 N–H and O–H groups in total. The Morgan fingerprint density at radius 3 is 2.64 bits per heavy atom. The first-order chi connectivity index (χ1) is 16.1. The Balaban J connectivity index is 1.35. The first kappa shape index (κ1) is 19.8. The molecule has 2 aromatic heterocycles. The van der Waals surface area contributed by atoms with Crippen molar-refractivity contribution in [2.45, 2.75) is 6.54 Å². The molecule has 33 heavy (non-hydrogen) atoms. The van der Waals surface area contributed by atoms with E-state index in [0.717, 1.165) is 60.4 Å². The third-order valence-corrected chi connectivity index (χ3v) is 6.63. The molecule has 1 fully saturated rings. The molecule has 6 rings (SSSR count). The molecule has 7 nitrogen and oxygen atoms in total. The van der Waals surface area contributed by atoms with Gasteiger partial charge in [-0.3, -0.25) is 4.57 Å². The standard InChI is InChI=1S/C26H25N7/c1-30(2)12-19-13-31(14-19)23-7-8-24-22(9-23)16-32-15-21(20-5-3-18(11-27)4-6-20)10-25(32)26-29-28-17-33(24)26/h3-10,15,17,19H,12-14,16H2,1-2H3. The maximum atomic E-state index is 9.10. The molecule has 0 aliphatic carbocycles. The Kier molecular flexibility index (Phi) is 4.56. The first-order valence-electron chi connectivity index (χ1n) is 11.2. The van der Waals surface area contributed by atoms with Crippen LogP contribution in [0.25, 0.3) is 28.3 Å². The van der Waals surface area contributed by atoms with E-state index in [-0.39, 0.29) is 0 Å². The highest BCUT2D eigenvalue weighted by Crippen LogP contribution is 2.36. The van der Waals surface area contributed by atoms with E-state index < -0.39 is 0 Å². The summed E-state index contributed by atoms with van der Waals surface area (Å²) in [7, 11) is 4.28. The Morgan fingerprint density at radius 2 is 1.88 bits per heavy atom. The summed E-state index contributed by atoms with van der Waals surface area (Å²) in [6.45, 7) is 4.11. The molecule has 7 heteroatoms. The molecule has 4 aromatic rings. The molecule has 0 radical (unpaired) electrons. The lowest BCUT2D eigenvalue weighted by Crippen LogP contribution is -2.50. The van der Waals surface area contributed by atoms with Crippen LogP contribution in [-0.2, 0) is 6.54 Å². The summed E-state index contributed by atoms with van der Waals surface area (Å²) >= 11 is 0. The minimum absolute atomic E-state index is 0.666. The van der Waals surface area contributed by atoms with Gasteiger partial charge in [0, 0.05) is 49.5 Å². The van der Waals surface area contributed by atoms with E-state index in [1.165, 1.54) is 11.3 Å². The Bertz CT molecular complexity index is 1360. The van der Waals surface area contributed by atoms with Crippen LogP contribution in [0, 0.1) is 17.2 Å². The predicted molar refractivity (Wildman–Crippen MR) is 128 cm³/mol. The van der Waals surface area contributed by atoms with Crippen LogP contribution in [0.15, 0.2) is 61.1 Å². The van der Waals surface area contributed by atoms with Crippen LogP contribution in [0.2, 0.25) is 0 Å². The van der Waals surface area contributed by atoms with Gasteiger partial charge in [-0.2, -0.15) is 5.26 Å². The third kappa shape index (κ3) is 3.40. The van der Waals surface area contributed by atoms with Crippen molar-refractivity contribution in [3.63, 3.8) is 0 Å². The summed E-state index contributed by atoms with van der Waals surface area (Å²) in [6, 6.07) is 18.8. The SMILES string of the molecule is CN(C)CC1CN(c2ccc3c(c2)Cn2cc(-c4ccc(C#N)cc4)cc2-c2nncn2-3)C1.